The van der Waals surface area contributed by atoms with Gasteiger partial charge in [-0.2, -0.15) is 8.42 Å². The van der Waals surface area contributed by atoms with E-state index in [9.17, 15) is 27.6 Å². The zero-order valence-electron chi connectivity index (χ0n) is 21.2. The first-order valence-electron chi connectivity index (χ1n) is 12.1. The van der Waals surface area contributed by atoms with Crippen molar-refractivity contribution in [3.05, 3.63) is 114 Å². The summed E-state index contributed by atoms with van der Waals surface area (Å²) in [5.41, 5.74) is 1.47. The summed E-state index contributed by atoms with van der Waals surface area (Å²) in [7, 11) is -1.87. The fraction of sp³-hybridized carbons (Fsp3) is 0.0667. The SMILES string of the molecule is CS(=O)(=O)O.Cn1c2ccc3c(=O)c4ccccc4c(=O)c3c2[nH]c2ccc3c(=O)c4ccccc4c(=O)c3c21. The Morgan fingerprint density at radius 3 is 1.57 bits per heavy atom. The zero-order chi connectivity index (χ0) is 28.5. The molecule has 0 amide bonds. The van der Waals surface area contributed by atoms with Gasteiger partial charge in [0.1, 0.15) is 0 Å². The first-order chi connectivity index (χ1) is 19.0. The number of rotatable bonds is 0. The van der Waals surface area contributed by atoms with Crippen LogP contribution in [0.3, 0.4) is 0 Å². The van der Waals surface area contributed by atoms with Crippen molar-refractivity contribution in [2.75, 3.05) is 6.26 Å². The Labute approximate surface area is 224 Å². The standard InChI is InChI=1S/C29H16N2O4.CH4O3S/c1-31-21-13-11-18-22(28(34)16-8-4-2-6-14(16)26(18)32)24(21)30-20-12-10-19-23(25(20)31)29(35)17-9-5-3-7-15(17)27(19)33;1-5(2,3)4/h2-13,30H,1H3;1H3,(H,2,3,4). The van der Waals surface area contributed by atoms with Gasteiger partial charge in [0, 0.05) is 39.4 Å². The summed E-state index contributed by atoms with van der Waals surface area (Å²) < 4.78 is 27.7. The molecule has 0 spiro atoms. The number of H-pyrrole nitrogens is 1. The van der Waals surface area contributed by atoms with E-state index in [1.54, 1.807) is 79.8 Å². The molecule has 0 saturated carbocycles. The van der Waals surface area contributed by atoms with Gasteiger partial charge in [-0.25, -0.2) is 0 Å². The summed E-state index contributed by atoms with van der Waals surface area (Å²) in [6.07, 6.45) is 0.715. The van der Waals surface area contributed by atoms with E-state index in [1.807, 2.05) is 4.57 Å². The highest BCUT2D eigenvalue weighted by molar-refractivity contribution is 7.85. The van der Waals surface area contributed by atoms with Crippen LogP contribution in [0, 0.1) is 0 Å². The second-order valence-corrected chi connectivity index (χ2v) is 11.1. The van der Waals surface area contributed by atoms with E-state index in [-0.39, 0.29) is 21.7 Å². The molecule has 0 aliphatic heterocycles. The van der Waals surface area contributed by atoms with Crippen LogP contribution in [0.5, 0.6) is 0 Å². The van der Waals surface area contributed by atoms with Gasteiger partial charge in [-0.05, 0) is 24.3 Å². The fourth-order valence-electron chi connectivity index (χ4n) is 5.46. The van der Waals surface area contributed by atoms with Crippen LogP contribution < -0.4 is 21.7 Å². The topological polar surface area (TPSA) is 143 Å². The van der Waals surface area contributed by atoms with Gasteiger partial charge in [0.05, 0.1) is 39.1 Å². The minimum atomic E-state index is -3.67. The van der Waals surface area contributed by atoms with E-state index in [0.29, 0.717) is 71.4 Å². The van der Waals surface area contributed by atoms with E-state index in [2.05, 4.69) is 4.98 Å². The lowest BCUT2D eigenvalue weighted by Gasteiger charge is -2.15. The molecule has 9 nitrogen and oxygen atoms in total. The number of fused-ring (bicyclic) bond motifs is 8. The van der Waals surface area contributed by atoms with Crippen molar-refractivity contribution in [2.24, 2.45) is 7.05 Å². The Morgan fingerprint density at radius 2 is 1.05 bits per heavy atom. The zero-order valence-corrected chi connectivity index (χ0v) is 22.0. The molecule has 0 saturated heterocycles. The Kier molecular flexibility index (Phi) is 5.58. The fourth-order valence-corrected chi connectivity index (χ4v) is 5.46. The van der Waals surface area contributed by atoms with E-state index >= 15 is 0 Å². The predicted molar refractivity (Wildman–Crippen MR) is 159 cm³/mol. The maximum absolute atomic E-state index is 13.5. The molecule has 0 aliphatic carbocycles. The van der Waals surface area contributed by atoms with E-state index in [1.165, 1.54) is 0 Å². The van der Waals surface area contributed by atoms with Crippen LogP contribution in [0.2, 0.25) is 0 Å². The lowest BCUT2D eigenvalue weighted by atomic mass is 9.99. The van der Waals surface area contributed by atoms with Gasteiger partial charge in [0.25, 0.3) is 10.1 Å². The molecule has 198 valence electrons. The average molecular weight is 553 g/mol. The van der Waals surface area contributed by atoms with Crippen molar-refractivity contribution in [3.63, 3.8) is 0 Å². The molecule has 1 heterocycles. The van der Waals surface area contributed by atoms with Crippen LogP contribution in [0.4, 0.5) is 0 Å². The first kappa shape index (κ1) is 25.4. The molecule has 10 heteroatoms. The monoisotopic (exact) mass is 552 g/mol. The van der Waals surface area contributed by atoms with Crippen molar-refractivity contribution in [3.8, 4) is 0 Å². The molecule has 40 heavy (non-hydrogen) atoms. The highest BCUT2D eigenvalue weighted by atomic mass is 32.2. The van der Waals surface area contributed by atoms with Crippen molar-refractivity contribution < 1.29 is 13.0 Å². The number of hydrogen-bond donors (Lipinski definition) is 2. The molecule has 7 rings (SSSR count). The maximum Gasteiger partial charge on any atom is 0.261 e. The predicted octanol–water partition coefficient (Wildman–Crippen LogP) is 3.66. The normalized spacial score (nSPS) is 12.0. The number of aromatic nitrogens is 2. The number of aromatic amines is 1. The van der Waals surface area contributed by atoms with Gasteiger partial charge in [-0.1, -0.05) is 48.5 Å². The Balaban J connectivity index is 0.000000534. The minimum Gasteiger partial charge on any atom is -0.351 e. The third-order valence-electron chi connectivity index (χ3n) is 7.09. The van der Waals surface area contributed by atoms with Gasteiger partial charge in [0.15, 0.2) is 21.7 Å². The van der Waals surface area contributed by atoms with Crippen LogP contribution in [0.1, 0.15) is 0 Å². The average Bonchev–Trinajstić information content (AvgIpc) is 2.93. The van der Waals surface area contributed by atoms with E-state index < -0.39 is 10.1 Å². The first-order valence-corrected chi connectivity index (χ1v) is 14.0. The van der Waals surface area contributed by atoms with Crippen LogP contribution in [0.25, 0.3) is 65.2 Å². The van der Waals surface area contributed by atoms with Gasteiger partial charge < -0.3 is 9.55 Å². The van der Waals surface area contributed by atoms with Crippen LogP contribution in [-0.4, -0.2) is 28.8 Å². The molecule has 7 aromatic rings. The number of nitrogens with one attached hydrogen (secondary N) is 1. The summed E-state index contributed by atoms with van der Waals surface area (Å²) in [4.78, 5) is 56.7. The lowest BCUT2D eigenvalue weighted by Crippen LogP contribution is -2.16. The van der Waals surface area contributed by atoms with Crippen molar-refractivity contribution in [2.45, 2.75) is 0 Å². The summed E-state index contributed by atoms with van der Waals surface area (Å²) in [5, 5.41) is 2.88. The Bertz CT molecular complexity index is 2560. The number of aryl methyl sites for hydroxylation is 1. The molecule has 6 aromatic carbocycles. The number of nitrogens with zero attached hydrogens (tertiary/aromatic N) is 1. The second-order valence-electron chi connectivity index (χ2n) is 9.59. The molecular formula is C30H20N2O7S. The molecule has 0 atom stereocenters. The highest BCUT2D eigenvalue weighted by Gasteiger charge is 2.18. The second kappa shape index (κ2) is 8.80. The third kappa shape index (κ3) is 3.76. The summed E-state index contributed by atoms with van der Waals surface area (Å²) in [5.74, 6) is 0. The lowest BCUT2D eigenvalue weighted by molar-refractivity contribution is 0.490. The maximum atomic E-state index is 13.5. The molecule has 0 unspecified atom stereocenters. The van der Waals surface area contributed by atoms with Crippen molar-refractivity contribution in [1.29, 1.82) is 0 Å². The summed E-state index contributed by atoms with van der Waals surface area (Å²) in [6, 6.07) is 20.5. The number of hydrogen-bond acceptors (Lipinski definition) is 6. The third-order valence-corrected chi connectivity index (χ3v) is 7.09. The minimum absolute atomic E-state index is 0.194. The van der Waals surface area contributed by atoms with Crippen molar-refractivity contribution >= 4 is 75.3 Å². The van der Waals surface area contributed by atoms with Gasteiger partial charge in [-0.3, -0.25) is 23.7 Å². The Morgan fingerprint density at radius 1 is 0.625 bits per heavy atom. The number of benzene rings is 6. The molecule has 0 bridgehead atoms. The summed E-state index contributed by atoms with van der Waals surface area (Å²) >= 11 is 0. The molecule has 0 fully saturated rings. The van der Waals surface area contributed by atoms with E-state index in [4.69, 9.17) is 4.55 Å². The van der Waals surface area contributed by atoms with E-state index in [0.717, 1.165) is 0 Å². The van der Waals surface area contributed by atoms with Crippen LogP contribution in [-0.2, 0) is 17.2 Å². The summed E-state index contributed by atoms with van der Waals surface area (Å²) in [6.45, 7) is 0. The molecular weight excluding hydrogens is 532 g/mol. The highest BCUT2D eigenvalue weighted by Crippen LogP contribution is 2.28. The molecule has 1 aromatic heterocycles. The van der Waals surface area contributed by atoms with Gasteiger partial charge >= 0.3 is 0 Å². The molecule has 0 aliphatic rings. The quantitative estimate of drug-likeness (QED) is 0.166. The molecule has 0 radical (unpaired) electrons. The smallest absolute Gasteiger partial charge is 0.261 e. The largest absolute Gasteiger partial charge is 0.351 e. The van der Waals surface area contributed by atoms with Crippen LogP contribution in [0.15, 0.2) is 92.0 Å². The molecule has 2 N–H and O–H groups in total. The van der Waals surface area contributed by atoms with Crippen molar-refractivity contribution in [1.82, 2.24) is 9.55 Å². The van der Waals surface area contributed by atoms with Gasteiger partial charge in [-0.15, -0.1) is 0 Å². The Hall–Kier alpha value is -4.93. The van der Waals surface area contributed by atoms with Crippen LogP contribution >= 0.6 is 0 Å². The van der Waals surface area contributed by atoms with Gasteiger partial charge in [0.2, 0.25) is 0 Å².